The van der Waals surface area contributed by atoms with E-state index in [0.717, 1.165) is 36.6 Å². The van der Waals surface area contributed by atoms with E-state index in [4.69, 9.17) is 5.73 Å². The lowest BCUT2D eigenvalue weighted by Crippen LogP contribution is -2.56. The van der Waals surface area contributed by atoms with Gasteiger partial charge in [0.15, 0.2) is 5.82 Å². The number of nitrogens with two attached hydrogens (primary N) is 1. The zero-order valence-corrected chi connectivity index (χ0v) is 12.7. The third-order valence-corrected chi connectivity index (χ3v) is 4.21. The SMILES string of the molecule is NC1CN(c2nc(-c3ccc(C(F)(F)F)cc3)n3ccccc23)C1. The molecule has 1 aliphatic heterocycles. The fourth-order valence-electron chi connectivity index (χ4n) is 2.95. The molecule has 1 saturated heterocycles. The Morgan fingerprint density at radius 1 is 1.04 bits per heavy atom. The van der Waals surface area contributed by atoms with Crippen molar-refractivity contribution in [2.45, 2.75) is 12.2 Å². The maximum Gasteiger partial charge on any atom is 0.416 e. The molecule has 7 heteroatoms. The minimum atomic E-state index is -4.34. The van der Waals surface area contributed by atoms with Crippen LogP contribution in [0.5, 0.6) is 0 Å². The van der Waals surface area contributed by atoms with Gasteiger partial charge in [-0.1, -0.05) is 18.2 Å². The van der Waals surface area contributed by atoms with Crippen molar-refractivity contribution in [3.63, 3.8) is 0 Å². The fourth-order valence-corrected chi connectivity index (χ4v) is 2.95. The van der Waals surface area contributed by atoms with Crippen molar-refractivity contribution in [2.75, 3.05) is 18.0 Å². The summed E-state index contributed by atoms with van der Waals surface area (Å²) in [6.45, 7) is 1.46. The summed E-state index contributed by atoms with van der Waals surface area (Å²) in [4.78, 5) is 6.74. The molecule has 2 N–H and O–H groups in total. The van der Waals surface area contributed by atoms with Gasteiger partial charge in [-0.05, 0) is 24.3 Å². The molecule has 0 unspecified atom stereocenters. The van der Waals surface area contributed by atoms with E-state index >= 15 is 0 Å². The number of hydrogen-bond donors (Lipinski definition) is 1. The van der Waals surface area contributed by atoms with Crippen molar-refractivity contribution in [3.05, 3.63) is 54.2 Å². The molecule has 0 spiro atoms. The Hall–Kier alpha value is -2.54. The van der Waals surface area contributed by atoms with Crippen molar-refractivity contribution in [1.82, 2.24) is 9.38 Å². The van der Waals surface area contributed by atoms with Crippen LogP contribution in [0.25, 0.3) is 16.9 Å². The molecule has 0 amide bonds. The van der Waals surface area contributed by atoms with Gasteiger partial charge in [-0.3, -0.25) is 4.40 Å². The van der Waals surface area contributed by atoms with Crippen molar-refractivity contribution in [2.24, 2.45) is 5.73 Å². The van der Waals surface area contributed by atoms with E-state index < -0.39 is 11.7 Å². The second-order valence-electron chi connectivity index (χ2n) is 5.96. The number of imidazole rings is 1. The average Bonchev–Trinajstić information content (AvgIpc) is 2.90. The Labute approximate surface area is 136 Å². The first-order valence-corrected chi connectivity index (χ1v) is 7.59. The molecular formula is C17H15F3N4. The predicted molar refractivity (Wildman–Crippen MR) is 85.8 cm³/mol. The van der Waals surface area contributed by atoms with Crippen LogP contribution in [-0.2, 0) is 6.18 Å². The van der Waals surface area contributed by atoms with Gasteiger partial charge in [0.05, 0.1) is 11.1 Å². The maximum atomic E-state index is 12.7. The van der Waals surface area contributed by atoms with Gasteiger partial charge in [-0.2, -0.15) is 13.2 Å². The minimum absolute atomic E-state index is 0.139. The molecule has 4 rings (SSSR count). The molecule has 124 valence electrons. The highest BCUT2D eigenvalue weighted by molar-refractivity contribution is 5.77. The number of fused-ring (bicyclic) bond motifs is 1. The fraction of sp³-hybridized carbons (Fsp3) is 0.235. The summed E-state index contributed by atoms with van der Waals surface area (Å²) in [5.41, 5.74) is 6.73. The van der Waals surface area contributed by atoms with E-state index in [-0.39, 0.29) is 6.04 Å². The molecule has 1 fully saturated rings. The number of halogens is 3. The highest BCUT2D eigenvalue weighted by atomic mass is 19.4. The standard InChI is InChI=1S/C17H15F3N4/c18-17(19,20)12-6-4-11(5-7-12)15-22-16(23-9-13(21)10-23)14-3-1-2-8-24(14)15/h1-8,13H,9-10,21H2. The molecule has 3 heterocycles. The van der Waals surface area contributed by atoms with Gasteiger partial charge in [0, 0.05) is 30.9 Å². The smallest absolute Gasteiger partial charge is 0.352 e. The highest BCUT2D eigenvalue weighted by Gasteiger charge is 2.31. The van der Waals surface area contributed by atoms with Gasteiger partial charge in [-0.15, -0.1) is 0 Å². The first kappa shape index (κ1) is 15.0. The minimum Gasteiger partial charge on any atom is -0.352 e. The summed E-state index contributed by atoms with van der Waals surface area (Å²) in [6, 6.07) is 10.9. The van der Waals surface area contributed by atoms with E-state index in [1.165, 1.54) is 12.1 Å². The summed E-state index contributed by atoms with van der Waals surface area (Å²) < 4.78 is 40.1. The Kier molecular flexibility index (Phi) is 3.28. The van der Waals surface area contributed by atoms with Crippen LogP contribution in [-0.4, -0.2) is 28.5 Å². The number of hydrogen-bond acceptors (Lipinski definition) is 3. The summed E-state index contributed by atoms with van der Waals surface area (Å²) in [6.07, 6.45) is -2.48. The largest absolute Gasteiger partial charge is 0.416 e. The van der Waals surface area contributed by atoms with Crippen molar-refractivity contribution < 1.29 is 13.2 Å². The average molecular weight is 332 g/mol. The van der Waals surface area contributed by atoms with Gasteiger partial charge >= 0.3 is 6.18 Å². The Morgan fingerprint density at radius 3 is 2.38 bits per heavy atom. The molecule has 3 aromatic rings. The normalized spacial score (nSPS) is 15.8. The van der Waals surface area contributed by atoms with Gasteiger partial charge in [0.2, 0.25) is 0 Å². The van der Waals surface area contributed by atoms with Crippen molar-refractivity contribution >= 4 is 11.3 Å². The van der Waals surface area contributed by atoms with Gasteiger partial charge in [0.1, 0.15) is 5.82 Å². The molecule has 2 aromatic heterocycles. The third kappa shape index (κ3) is 2.41. The molecule has 24 heavy (non-hydrogen) atoms. The predicted octanol–water partition coefficient (Wildman–Crippen LogP) is 3.17. The van der Waals surface area contributed by atoms with E-state index in [0.29, 0.717) is 11.4 Å². The highest BCUT2D eigenvalue weighted by Crippen LogP contribution is 2.33. The molecule has 0 atom stereocenters. The van der Waals surface area contributed by atoms with Crippen LogP contribution in [0.1, 0.15) is 5.56 Å². The van der Waals surface area contributed by atoms with E-state index in [1.807, 2.05) is 28.8 Å². The van der Waals surface area contributed by atoms with Crippen LogP contribution in [0.3, 0.4) is 0 Å². The molecule has 1 aromatic carbocycles. The lowest BCUT2D eigenvalue weighted by Gasteiger charge is -2.37. The second kappa shape index (κ2) is 5.24. The first-order chi connectivity index (χ1) is 11.4. The summed E-state index contributed by atoms with van der Waals surface area (Å²) in [5, 5.41) is 0. The van der Waals surface area contributed by atoms with E-state index in [9.17, 15) is 13.2 Å². The van der Waals surface area contributed by atoms with Gasteiger partial charge < -0.3 is 10.6 Å². The lowest BCUT2D eigenvalue weighted by atomic mass is 10.1. The Balaban J connectivity index is 1.79. The maximum absolute atomic E-state index is 12.7. The van der Waals surface area contributed by atoms with Crippen LogP contribution in [0.15, 0.2) is 48.7 Å². The second-order valence-corrected chi connectivity index (χ2v) is 5.96. The Bertz CT molecular complexity index is 877. The number of alkyl halides is 3. The molecular weight excluding hydrogens is 317 g/mol. The van der Waals surface area contributed by atoms with Crippen LogP contribution in [0.4, 0.5) is 19.0 Å². The van der Waals surface area contributed by atoms with Crippen LogP contribution < -0.4 is 10.6 Å². The van der Waals surface area contributed by atoms with Crippen molar-refractivity contribution in [3.8, 4) is 11.4 Å². The molecule has 1 aliphatic rings. The summed E-state index contributed by atoms with van der Waals surface area (Å²) in [7, 11) is 0. The van der Waals surface area contributed by atoms with Crippen LogP contribution >= 0.6 is 0 Å². The summed E-state index contributed by atoms with van der Waals surface area (Å²) in [5.74, 6) is 1.43. The molecule has 4 nitrogen and oxygen atoms in total. The third-order valence-electron chi connectivity index (χ3n) is 4.21. The number of rotatable bonds is 2. The van der Waals surface area contributed by atoms with E-state index in [1.54, 1.807) is 0 Å². The number of aromatic nitrogens is 2. The zero-order valence-electron chi connectivity index (χ0n) is 12.7. The first-order valence-electron chi connectivity index (χ1n) is 7.59. The molecule has 0 saturated carbocycles. The molecule has 0 radical (unpaired) electrons. The van der Waals surface area contributed by atoms with Crippen LogP contribution in [0, 0.1) is 0 Å². The van der Waals surface area contributed by atoms with Crippen LogP contribution in [0.2, 0.25) is 0 Å². The molecule has 0 aliphatic carbocycles. The number of pyridine rings is 1. The zero-order chi connectivity index (χ0) is 16.9. The summed E-state index contributed by atoms with van der Waals surface area (Å²) >= 11 is 0. The Morgan fingerprint density at radius 2 is 1.75 bits per heavy atom. The number of nitrogens with zero attached hydrogens (tertiary/aromatic N) is 3. The lowest BCUT2D eigenvalue weighted by molar-refractivity contribution is -0.137. The van der Waals surface area contributed by atoms with Gasteiger partial charge in [-0.25, -0.2) is 4.98 Å². The number of benzene rings is 1. The van der Waals surface area contributed by atoms with Crippen molar-refractivity contribution in [1.29, 1.82) is 0 Å². The molecule has 0 bridgehead atoms. The number of anilines is 1. The topological polar surface area (TPSA) is 46.6 Å². The van der Waals surface area contributed by atoms with E-state index in [2.05, 4.69) is 9.88 Å². The van der Waals surface area contributed by atoms with Gasteiger partial charge in [0.25, 0.3) is 0 Å². The monoisotopic (exact) mass is 332 g/mol. The quantitative estimate of drug-likeness (QED) is 0.784.